The number of rotatable bonds is 3. The molecule has 0 aliphatic heterocycles. The first kappa shape index (κ1) is 25.6. The van der Waals surface area contributed by atoms with E-state index in [0.717, 1.165) is 6.08 Å². The molecule has 0 heterocycles. The largest absolute Gasteiger partial charge is 0.478 e. The van der Waals surface area contributed by atoms with E-state index in [0.29, 0.717) is 12.2 Å². The summed E-state index contributed by atoms with van der Waals surface area (Å²) in [5, 5.41) is 23.2. The molecule has 0 bridgehead atoms. The lowest BCUT2D eigenvalue weighted by Gasteiger charge is -1.74. The smallest absolute Gasteiger partial charge is 0.328 e. The van der Waals surface area contributed by atoms with Gasteiger partial charge in [0.05, 0.1) is 0 Å². The summed E-state index contributed by atoms with van der Waals surface area (Å²) in [6.45, 7) is 8.96. The second-order valence-corrected chi connectivity index (χ2v) is 2.40. The molecule has 5 N–H and O–H groups in total. The van der Waals surface area contributed by atoms with Crippen molar-refractivity contribution in [1.82, 2.24) is 0 Å². The van der Waals surface area contributed by atoms with E-state index in [-0.39, 0.29) is 0 Å². The van der Waals surface area contributed by atoms with Gasteiger partial charge in [0.25, 0.3) is 0 Å². The van der Waals surface area contributed by atoms with Crippen LogP contribution in [0.15, 0.2) is 38.0 Å². The summed E-state index contributed by atoms with van der Waals surface area (Å²) in [5.41, 5.74) is 0. The molecule has 0 fully saturated rings. The molecule has 110 valence electrons. The molecule has 0 radical (unpaired) electrons. The summed E-state index contributed by atoms with van der Waals surface area (Å²) >= 11 is 0. The second-order valence-electron chi connectivity index (χ2n) is 1.83. The summed E-state index contributed by atoms with van der Waals surface area (Å²) in [6.07, 6.45) is 1.95. The Hall–Kier alpha value is -2.22. The van der Waals surface area contributed by atoms with Crippen LogP contribution in [0.2, 0.25) is 0 Å². The molecule has 0 atom stereocenters. The Morgan fingerprint density at radius 3 is 1.05 bits per heavy atom. The first-order valence-electron chi connectivity index (χ1n) is 4.04. The lowest BCUT2D eigenvalue weighted by Crippen LogP contribution is -1.91. The topological polar surface area (TPSA) is 169 Å². The molecule has 10 heteroatoms. The number of carboxylic acid groups (broad SMARTS) is 3. The lowest BCUT2D eigenvalue weighted by atomic mass is 10.5. The average molecular weight is 298 g/mol. The molecule has 0 aliphatic rings. The number of hydrogen-bond acceptors (Lipinski definition) is 4. The van der Waals surface area contributed by atoms with Gasteiger partial charge in [0.15, 0.2) is 0 Å². The highest BCUT2D eigenvalue weighted by atomic mass is 31.1. The predicted molar refractivity (Wildman–Crippen MR) is 66.9 cm³/mol. The SMILES string of the molecule is C=C.C=CC(=O)O.O=C(O)/C=C\C(=O)O.O=[PH](O)O. The summed E-state index contributed by atoms with van der Waals surface area (Å²) in [7, 11) is -3.13. The minimum absolute atomic E-state index is 0.558. The molecule has 0 unspecified atom stereocenters. The van der Waals surface area contributed by atoms with Crippen molar-refractivity contribution in [3.8, 4) is 0 Å². The van der Waals surface area contributed by atoms with E-state index in [9.17, 15) is 14.4 Å². The zero-order valence-corrected chi connectivity index (χ0v) is 10.7. The van der Waals surface area contributed by atoms with Crippen molar-refractivity contribution in [3.63, 3.8) is 0 Å². The Bertz CT molecular complexity index is 315. The van der Waals surface area contributed by atoms with Gasteiger partial charge in [-0.05, 0) is 0 Å². The van der Waals surface area contributed by atoms with Gasteiger partial charge in [-0.15, -0.1) is 13.2 Å². The van der Waals surface area contributed by atoms with Crippen molar-refractivity contribution in [2.24, 2.45) is 0 Å². The first-order chi connectivity index (χ1) is 8.63. The maximum absolute atomic E-state index is 9.55. The third-order valence-electron chi connectivity index (χ3n) is 0.543. The van der Waals surface area contributed by atoms with Gasteiger partial charge < -0.3 is 25.1 Å². The van der Waals surface area contributed by atoms with Crippen molar-refractivity contribution < 1.29 is 44.1 Å². The van der Waals surface area contributed by atoms with Crippen LogP contribution in [0.1, 0.15) is 0 Å². The van der Waals surface area contributed by atoms with Gasteiger partial charge in [0.2, 0.25) is 0 Å². The zero-order chi connectivity index (χ0) is 16.4. The van der Waals surface area contributed by atoms with Gasteiger partial charge in [-0.2, -0.15) is 0 Å². The molecule has 0 aliphatic carbocycles. The normalized spacial score (nSPS) is 7.74. The van der Waals surface area contributed by atoms with Gasteiger partial charge in [0, 0.05) is 18.2 Å². The molecular formula is C9H15O9P. The summed E-state index contributed by atoms with van der Waals surface area (Å²) in [4.78, 5) is 42.7. The van der Waals surface area contributed by atoms with Gasteiger partial charge >= 0.3 is 26.2 Å². The van der Waals surface area contributed by atoms with Crippen LogP contribution in [0.5, 0.6) is 0 Å². The molecule has 9 nitrogen and oxygen atoms in total. The highest BCUT2D eigenvalue weighted by Crippen LogP contribution is 1.98. The average Bonchev–Trinajstić information content (AvgIpc) is 2.29. The minimum Gasteiger partial charge on any atom is -0.478 e. The van der Waals surface area contributed by atoms with E-state index in [4.69, 9.17) is 29.7 Å². The van der Waals surface area contributed by atoms with Gasteiger partial charge in [0.1, 0.15) is 0 Å². The Kier molecular flexibility index (Phi) is 28.4. The molecule has 0 saturated carbocycles. The van der Waals surface area contributed by atoms with Crippen molar-refractivity contribution >= 4 is 26.2 Å². The van der Waals surface area contributed by atoms with Crippen molar-refractivity contribution in [1.29, 1.82) is 0 Å². The quantitative estimate of drug-likeness (QED) is 0.276. The molecule has 0 aromatic heterocycles. The van der Waals surface area contributed by atoms with E-state index in [2.05, 4.69) is 19.7 Å². The van der Waals surface area contributed by atoms with E-state index in [1.54, 1.807) is 0 Å². The van der Waals surface area contributed by atoms with Gasteiger partial charge in [-0.25, -0.2) is 14.4 Å². The zero-order valence-electron chi connectivity index (χ0n) is 9.72. The summed E-state index contributed by atoms with van der Waals surface area (Å²) in [5.74, 6) is -3.50. The monoisotopic (exact) mass is 298 g/mol. The number of hydrogen-bond donors (Lipinski definition) is 5. The van der Waals surface area contributed by atoms with Crippen LogP contribution in [0.3, 0.4) is 0 Å². The molecule has 19 heavy (non-hydrogen) atoms. The van der Waals surface area contributed by atoms with Gasteiger partial charge in [-0.1, -0.05) is 6.58 Å². The van der Waals surface area contributed by atoms with Crippen LogP contribution < -0.4 is 0 Å². The Morgan fingerprint density at radius 1 is 0.842 bits per heavy atom. The fourth-order valence-electron chi connectivity index (χ4n) is 0.143. The van der Waals surface area contributed by atoms with Crippen molar-refractivity contribution in [2.45, 2.75) is 0 Å². The highest BCUT2D eigenvalue weighted by Gasteiger charge is 1.88. The summed E-state index contributed by atoms with van der Waals surface area (Å²) in [6, 6.07) is 0. The van der Waals surface area contributed by atoms with Crippen LogP contribution in [0.4, 0.5) is 0 Å². The second kappa shape index (κ2) is 21.1. The third-order valence-corrected chi connectivity index (χ3v) is 0.543. The third kappa shape index (κ3) is 131. The number of carbonyl (C=O) groups is 3. The Labute approximate surface area is 109 Å². The van der Waals surface area contributed by atoms with Gasteiger partial charge in [-0.3, -0.25) is 4.57 Å². The molecule has 0 rings (SSSR count). The van der Waals surface area contributed by atoms with Crippen LogP contribution in [-0.2, 0) is 18.9 Å². The predicted octanol–water partition coefficient (Wildman–Crippen LogP) is 0.132. The van der Waals surface area contributed by atoms with Crippen LogP contribution >= 0.6 is 8.25 Å². The van der Waals surface area contributed by atoms with Crippen LogP contribution in [0.25, 0.3) is 0 Å². The van der Waals surface area contributed by atoms with E-state index in [1.165, 1.54) is 0 Å². The van der Waals surface area contributed by atoms with E-state index < -0.39 is 26.2 Å². The standard InChI is InChI=1S/C4H4O4.C3H4O2.C2H4.H3O3P/c5-3(6)1-2-4(7)8;1-2-3(4)5;1-2;1-4(2)3/h1-2H,(H,5,6)(H,7,8);2H,1H2,(H,4,5);1-2H2;4H,(H2,1,2,3)/b2-1-;;;. The first-order valence-corrected chi connectivity index (χ1v) is 5.34. The Morgan fingerprint density at radius 2 is 1.00 bits per heavy atom. The molecule has 0 aromatic carbocycles. The number of carboxylic acids is 3. The van der Waals surface area contributed by atoms with E-state index >= 15 is 0 Å². The highest BCUT2D eigenvalue weighted by molar-refractivity contribution is 7.30. The van der Waals surface area contributed by atoms with E-state index in [1.807, 2.05) is 0 Å². The minimum atomic E-state index is -3.13. The van der Waals surface area contributed by atoms with Crippen LogP contribution in [0, 0.1) is 0 Å². The lowest BCUT2D eigenvalue weighted by molar-refractivity contribution is -0.134. The Balaban J connectivity index is -0.0000000886. The molecule has 0 spiro atoms. The fraction of sp³-hybridized carbons (Fsp3) is 0. The molecule has 0 amide bonds. The number of aliphatic carboxylic acids is 3. The fourth-order valence-corrected chi connectivity index (χ4v) is 0.143. The maximum Gasteiger partial charge on any atom is 0.328 e. The van der Waals surface area contributed by atoms with Crippen molar-refractivity contribution in [2.75, 3.05) is 0 Å². The van der Waals surface area contributed by atoms with Crippen LogP contribution in [-0.4, -0.2) is 43.0 Å². The van der Waals surface area contributed by atoms with Crippen molar-refractivity contribution in [3.05, 3.63) is 38.0 Å². The summed E-state index contributed by atoms with van der Waals surface area (Å²) < 4.78 is 8.74. The molecular weight excluding hydrogens is 283 g/mol. The molecule has 0 aromatic rings. The maximum atomic E-state index is 9.55. The molecule has 0 saturated heterocycles.